The average molecular weight is 508 g/mol. The zero-order valence-corrected chi connectivity index (χ0v) is 21.3. The first-order valence-corrected chi connectivity index (χ1v) is 12.7. The number of hydrogen-bond donors (Lipinski definition) is 1. The van der Waals surface area contributed by atoms with Gasteiger partial charge in [0.25, 0.3) is 5.91 Å². The van der Waals surface area contributed by atoms with E-state index < -0.39 is 12.2 Å². The van der Waals surface area contributed by atoms with E-state index in [1.807, 2.05) is 72.8 Å². The number of benzene rings is 2. The molecule has 1 aliphatic rings. The van der Waals surface area contributed by atoms with Crippen molar-refractivity contribution in [2.24, 2.45) is 0 Å². The van der Waals surface area contributed by atoms with Crippen LogP contribution in [0.2, 0.25) is 0 Å². The monoisotopic (exact) mass is 507 g/mol. The first-order chi connectivity index (χ1) is 17.4. The van der Waals surface area contributed by atoms with Crippen molar-refractivity contribution >= 4 is 29.6 Å². The summed E-state index contributed by atoms with van der Waals surface area (Å²) in [5.74, 6) is 1.18. The Morgan fingerprint density at radius 2 is 1.89 bits per heavy atom. The molecule has 36 heavy (non-hydrogen) atoms. The van der Waals surface area contributed by atoms with Crippen LogP contribution in [-0.4, -0.2) is 76.9 Å². The van der Waals surface area contributed by atoms with Crippen LogP contribution in [-0.2, 0) is 6.54 Å². The molecule has 2 aromatic carbocycles. The molecule has 0 saturated carbocycles. The number of anilines is 1. The quantitative estimate of drug-likeness (QED) is 0.361. The first kappa shape index (κ1) is 25.3. The molecule has 0 radical (unpaired) electrons. The van der Waals surface area contributed by atoms with Gasteiger partial charge >= 0.3 is 6.09 Å². The molecular weight excluding hydrogens is 478 g/mol. The molecule has 0 aliphatic carbocycles. The van der Waals surface area contributed by atoms with Crippen molar-refractivity contribution in [2.75, 3.05) is 44.9 Å². The van der Waals surface area contributed by atoms with Gasteiger partial charge in [-0.25, -0.2) is 14.8 Å². The molecular formula is C26H29N5O4S. The summed E-state index contributed by atoms with van der Waals surface area (Å²) in [6.07, 6.45) is 2.05. The second-order valence-electron chi connectivity index (χ2n) is 8.57. The van der Waals surface area contributed by atoms with Crippen LogP contribution in [0.25, 0.3) is 0 Å². The number of aromatic nitrogens is 2. The van der Waals surface area contributed by atoms with E-state index in [0.29, 0.717) is 41.9 Å². The van der Waals surface area contributed by atoms with Gasteiger partial charge in [0.1, 0.15) is 23.2 Å². The van der Waals surface area contributed by atoms with E-state index in [0.717, 1.165) is 11.1 Å². The van der Waals surface area contributed by atoms with E-state index in [9.17, 15) is 14.7 Å². The number of likely N-dealkylation sites (N-methyl/N-ethyl adjacent to an activating group) is 2. The second kappa shape index (κ2) is 11.3. The van der Waals surface area contributed by atoms with E-state index in [-0.39, 0.29) is 12.5 Å². The first-order valence-electron chi connectivity index (χ1n) is 11.5. The van der Waals surface area contributed by atoms with Gasteiger partial charge in [-0.05, 0) is 29.5 Å². The van der Waals surface area contributed by atoms with E-state index >= 15 is 0 Å². The predicted octanol–water partition coefficient (Wildman–Crippen LogP) is 4.02. The Bertz CT molecular complexity index is 1210. The Balaban J connectivity index is 1.47. The minimum absolute atomic E-state index is 0.0943. The number of hydrogen-bond acceptors (Lipinski definition) is 7. The highest BCUT2D eigenvalue weighted by Crippen LogP contribution is 2.26. The Kier molecular flexibility index (Phi) is 7.94. The molecule has 3 aromatic rings. The van der Waals surface area contributed by atoms with Crippen molar-refractivity contribution in [3.8, 4) is 5.75 Å². The van der Waals surface area contributed by atoms with Crippen molar-refractivity contribution in [1.82, 2.24) is 19.8 Å². The third kappa shape index (κ3) is 5.88. The van der Waals surface area contributed by atoms with E-state index in [1.165, 1.54) is 23.7 Å². The zero-order chi connectivity index (χ0) is 25.7. The smallest absolute Gasteiger partial charge is 0.407 e. The number of amides is 2. The molecule has 1 unspecified atom stereocenters. The Morgan fingerprint density at radius 3 is 2.56 bits per heavy atom. The number of fused-ring (bicyclic) bond motifs is 1. The number of carboxylic acid groups (broad SMARTS) is 1. The molecule has 0 bridgehead atoms. The topological polar surface area (TPSA) is 99.1 Å². The standard InChI is InChI=1S/C26H29N5O4S/c1-29-13-14-31(24(32)21-15-27-25(36-3)28-23(21)29)16-18-9-11-20(12-10-18)35-22(17-30(2)26(33)34)19-7-5-4-6-8-19/h4-12,15,22H,13-14,16-17H2,1-3H3,(H,33,34). The minimum Gasteiger partial charge on any atom is -0.484 e. The zero-order valence-electron chi connectivity index (χ0n) is 20.5. The van der Waals surface area contributed by atoms with E-state index in [1.54, 1.807) is 11.1 Å². The van der Waals surface area contributed by atoms with Crippen molar-refractivity contribution in [3.05, 3.63) is 77.5 Å². The third-order valence-corrected chi connectivity index (χ3v) is 6.59. The highest BCUT2D eigenvalue weighted by molar-refractivity contribution is 7.98. The molecule has 1 aromatic heterocycles. The van der Waals surface area contributed by atoms with Gasteiger partial charge in [0, 0.05) is 39.9 Å². The van der Waals surface area contributed by atoms with Crippen LogP contribution >= 0.6 is 11.8 Å². The second-order valence-corrected chi connectivity index (χ2v) is 9.34. The fourth-order valence-electron chi connectivity index (χ4n) is 3.96. The van der Waals surface area contributed by atoms with Gasteiger partial charge in [-0.1, -0.05) is 54.2 Å². The van der Waals surface area contributed by atoms with Gasteiger partial charge in [-0.3, -0.25) is 4.79 Å². The van der Waals surface area contributed by atoms with Crippen molar-refractivity contribution < 1.29 is 19.4 Å². The van der Waals surface area contributed by atoms with Crippen LogP contribution in [0.5, 0.6) is 5.75 Å². The van der Waals surface area contributed by atoms with Crippen molar-refractivity contribution in [1.29, 1.82) is 0 Å². The number of ether oxygens (including phenoxy) is 1. The molecule has 0 fully saturated rings. The SMILES string of the molecule is CSc1ncc2c(n1)N(C)CCN(Cc1ccc(OC(CN(C)C(=O)O)c3ccccc3)cc1)C2=O. The molecule has 2 heterocycles. The van der Waals surface area contributed by atoms with Crippen LogP contribution in [0.15, 0.2) is 66.0 Å². The summed E-state index contributed by atoms with van der Waals surface area (Å²) >= 11 is 1.45. The van der Waals surface area contributed by atoms with Gasteiger partial charge in [-0.15, -0.1) is 0 Å². The molecule has 10 heteroatoms. The summed E-state index contributed by atoms with van der Waals surface area (Å²) in [6, 6.07) is 17.1. The third-order valence-electron chi connectivity index (χ3n) is 6.03. The van der Waals surface area contributed by atoms with Gasteiger partial charge < -0.3 is 24.5 Å². The molecule has 2 amide bonds. The lowest BCUT2D eigenvalue weighted by atomic mass is 10.1. The normalized spacial score (nSPS) is 14.1. The fourth-order valence-corrected chi connectivity index (χ4v) is 4.30. The van der Waals surface area contributed by atoms with Crippen molar-refractivity contribution in [2.45, 2.75) is 17.8 Å². The Labute approximate surface area is 214 Å². The summed E-state index contributed by atoms with van der Waals surface area (Å²) in [5.41, 5.74) is 2.35. The van der Waals surface area contributed by atoms with Crippen molar-refractivity contribution in [3.63, 3.8) is 0 Å². The van der Waals surface area contributed by atoms with Crippen LogP contribution in [0, 0.1) is 0 Å². The number of rotatable bonds is 8. The van der Waals surface area contributed by atoms with Gasteiger partial charge in [0.15, 0.2) is 5.16 Å². The van der Waals surface area contributed by atoms with Gasteiger partial charge in [0.05, 0.1) is 6.54 Å². The lowest BCUT2D eigenvalue weighted by Crippen LogP contribution is -2.33. The number of nitrogens with zero attached hydrogens (tertiary/aromatic N) is 5. The lowest BCUT2D eigenvalue weighted by Gasteiger charge is -2.24. The molecule has 0 spiro atoms. The molecule has 1 aliphatic heterocycles. The summed E-state index contributed by atoms with van der Waals surface area (Å²) in [4.78, 5) is 38.4. The number of thioether (sulfide) groups is 1. The van der Waals surface area contributed by atoms with Crippen LogP contribution in [0.4, 0.5) is 10.6 Å². The maximum absolute atomic E-state index is 13.2. The average Bonchev–Trinajstić information content (AvgIpc) is 3.01. The van der Waals surface area contributed by atoms with E-state index in [4.69, 9.17) is 4.74 Å². The molecule has 9 nitrogen and oxygen atoms in total. The van der Waals surface area contributed by atoms with Crippen LogP contribution in [0.1, 0.15) is 27.6 Å². The lowest BCUT2D eigenvalue weighted by molar-refractivity contribution is 0.0754. The predicted molar refractivity (Wildman–Crippen MR) is 139 cm³/mol. The Hall–Kier alpha value is -3.79. The summed E-state index contributed by atoms with van der Waals surface area (Å²) in [6.45, 7) is 1.87. The molecule has 0 saturated heterocycles. The molecule has 188 valence electrons. The molecule has 4 rings (SSSR count). The summed E-state index contributed by atoms with van der Waals surface area (Å²) in [5, 5.41) is 9.95. The maximum Gasteiger partial charge on any atom is 0.407 e. The molecule has 1 N–H and O–H groups in total. The van der Waals surface area contributed by atoms with Gasteiger partial charge in [0.2, 0.25) is 0 Å². The summed E-state index contributed by atoms with van der Waals surface area (Å²) < 4.78 is 6.18. The van der Waals surface area contributed by atoms with Crippen LogP contribution in [0.3, 0.4) is 0 Å². The van der Waals surface area contributed by atoms with E-state index in [2.05, 4.69) is 9.97 Å². The fraction of sp³-hybridized carbons (Fsp3) is 0.308. The largest absolute Gasteiger partial charge is 0.484 e. The highest BCUT2D eigenvalue weighted by Gasteiger charge is 2.27. The summed E-state index contributed by atoms with van der Waals surface area (Å²) in [7, 11) is 3.45. The minimum atomic E-state index is -1.01. The maximum atomic E-state index is 13.2. The Morgan fingerprint density at radius 1 is 1.17 bits per heavy atom. The van der Waals surface area contributed by atoms with Gasteiger partial charge in [-0.2, -0.15) is 0 Å². The number of carbonyl (C=O) groups excluding carboxylic acids is 1. The molecule has 1 atom stereocenters. The number of carbonyl (C=O) groups is 2. The highest BCUT2D eigenvalue weighted by atomic mass is 32.2. The van der Waals surface area contributed by atoms with Crippen LogP contribution < -0.4 is 9.64 Å².